The van der Waals surface area contributed by atoms with Crippen molar-refractivity contribution in [1.82, 2.24) is 0 Å². The Morgan fingerprint density at radius 3 is 1.58 bits per heavy atom. The van der Waals surface area contributed by atoms with Gasteiger partial charge in [-0.05, 0) is 36.4 Å². The van der Waals surface area contributed by atoms with E-state index >= 15 is 0 Å². The number of nitrogens with zero attached hydrogens (tertiary/aromatic N) is 1. The average Bonchev–Trinajstić information content (AvgIpc) is 2.89. The molecule has 4 aromatic rings. The van der Waals surface area contributed by atoms with E-state index < -0.39 is 12.6 Å². The third-order valence-electron chi connectivity index (χ3n) is 5.04. The first-order valence-electron chi connectivity index (χ1n) is 10.4. The summed E-state index contributed by atoms with van der Waals surface area (Å²) < 4.78 is 5.27. The average molecular weight is 435 g/mol. The number of benzene rings is 4. The number of hydrogen-bond acceptors (Lipinski definition) is 4. The van der Waals surface area contributed by atoms with Gasteiger partial charge in [0.1, 0.15) is 0 Å². The zero-order valence-electron chi connectivity index (χ0n) is 17.8. The third-order valence-corrected chi connectivity index (χ3v) is 5.04. The number of carbonyl (C=O) groups excluding carboxylic acids is 3. The van der Waals surface area contributed by atoms with Crippen LogP contribution in [-0.2, 0) is 4.74 Å². The van der Waals surface area contributed by atoms with Crippen molar-refractivity contribution in [2.24, 2.45) is 0 Å². The number of ether oxygens (including phenoxy) is 1. The number of anilines is 2. The van der Waals surface area contributed by atoms with Gasteiger partial charge in [-0.15, -0.1) is 0 Å². The van der Waals surface area contributed by atoms with Crippen molar-refractivity contribution in [2.45, 2.75) is 0 Å². The number of para-hydroxylation sites is 2. The van der Waals surface area contributed by atoms with Crippen molar-refractivity contribution in [3.63, 3.8) is 0 Å². The van der Waals surface area contributed by atoms with Crippen LogP contribution in [0.5, 0.6) is 0 Å². The molecule has 0 aliphatic heterocycles. The largest absolute Gasteiger partial charge is 0.454 e. The second-order valence-corrected chi connectivity index (χ2v) is 7.22. The normalized spacial score (nSPS) is 10.3. The van der Waals surface area contributed by atoms with E-state index in [1.165, 1.54) is 6.07 Å². The Hall–Kier alpha value is -4.51. The van der Waals surface area contributed by atoms with Crippen LogP contribution in [0.3, 0.4) is 0 Å². The van der Waals surface area contributed by atoms with E-state index in [9.17, 15) is 14.4 Å². The van der Waals surface area contributed by atoms with Crippen LogP contribution in [0.4, 0.5) is 11.4 Å². The molecule has 162 valence electrons. The molecule has 4 rings (SSSR count). The fraction of sp³-hybridized carbons (Fsp3) is 0.0357. The summed E-state index contributed by atoms with van der Waals surface area (Å²) >= 11 is 0. The summed E-state index contributed by atoms with van der Waals surface area (Å²) in [6.45, 7) is -0.410. The molecule has 0 fully saturated rings. The Kier molecular flexibility index (Phi) is 6.71. The van der Waals surface area contributed by atoms with E-state index in [4.69, 9.17) is 4.74 Å². The molecule has 0 bridgehead atoms. The van der Waals surface area contributed by atoms with Gasteiger partial charge < -0.3 is 4.74 Å². The van der Waals surface area contributed by atoms with Crippen LogP contribution in [0.2, 0.25) is 0 Å². The van der Waals surface area contributed by atoms with Gasteiger partial charge in [0, 0.05) is 16.9 Å². The van der Waals surface area contributed by atoms with Crippen molar-refractivity contribution < 1.29 is 19.1 Å². The number of ketones is 1. The van der Waals surface area contributed by atoms with Gasteiger partial charge in [-0.25, -0.2) is 4.79 Å². The molecule has 0 heterocycles. The van der Waals surface area contributed by atoms with Crippen molar-refractivity contribution >= 4 is 29.0 Å². The maximum absolute atomic E-state index is 13.7. The van der Waals surface area contributed by atoms with Gasteiger partial charge >= 0.3 is 5.97 Å². The molecule has 0 spiro atoms. The Labute approximate surface area is 191 Å². The van der Waals surface area contributed by atoms with E-state index in [0.29, 0.717) is 16.9 Å². The van der Waals surface area contributed by atoms with Gasteiger partial charge in [-0.3, -0.25) is 14.5 Å². The lowest BCUT2D eigenvalue weighted by Crippen LogP contribution is -2.28. The molecule has 0 radical (unpaired) electrons. The summed E-state index contributed by atoms with van der Waals surface area (Å²) in [5.41, 5.74) is 2.06. The first-order chi connectivity index (χ1) is 16.1. The van der Waals surface area contributed by atoms with Crippen LogP contribution in [0.25, 0.3) is 0 Å². The molecule has 0 saturated carbocycles. The molecule has 0 N–H and O–H groups in total. The molecule has 1 amide bonds. The van der Waals surface area contributed by atoms with Crippen LogP contribution in [0.15, 0.2) is 115 Å². The topological polar surface area (TPSA) is 63.7 Å². The van der Waals surface area contributed by atoms with E-state index in [1.807, 2.05) is 60.7 Å². The van der Waals surface area contributed by atoms with E-state index in [1.54, 1.807) is 53.4 Å². The standard InChI is InChI=1S/C28H21NO4/c30-26(21-12-4-1-5-13-21)20-33-28(32)25-19-11-10-18-24(25)27(31)29(22-14-6-2-7-15-22)23-16-8-3-9-17-23/h1-19H,20H2. The van der Waals surface area contributed by atoms with Gasteiger partial charge in [0.2, 0.25) is 0 Å². The maximum Gasteiger partial charge on any atom is 0.339 e. The second kappa shape index (κ2) is 10.2. The lowest BCUT2D eigenvalue weighted by Gasteiger charge is -2.24. The molecule has 0 saturated heterocycles. The molecule has 5 heteroatoms. The maximum atomic E-state index is 13.7. The zero-order valence-corrected chi connectivity index (χ0v) is 17.8. The third kappa shape index (κ3) is 5.05. The van der Waals surface area contributed by atoms with Gasteiger partial charge in [0.15, 0.2) is 12.4 Å². The van der Waals surface area contributed by atoms with Gasteiger partial charge in [-0.2, -0.15) is 0 Å². The highest BCUT2D eigenvalue weighted by molar-refractivity contribution is 6.15. The Morgan fingerprint density at radius 2 is 1.03 bits per heavy atom. The number of amides is 1. The van der Waals surface area contributed by atoms with E-state index in [-0.39, 0.29) is 22.8 Å². The van der Waals surface area contributed by atoms with Crippen molar-refractivity contribution in [3.8, 4) is 0 Å². The monoisotopic (exact) mass is 435 g/mol. The van der Waals surface area contributed by atoms with Gasteiger partial charge in [-0.1, -0.05) is 78.9 Å². The number of carbonyl (C=O) groups is 3. The highest BCUT2D eigenvalue weighted by atomic mass is 16.5. The number of rotatable bonds is 7. The minimum absolute atomic E-state index is 0.0974. The van der Waals surface area contributed by atoms with Crippen LogP contribution >= 0.6 is 0 Å². The summed E-state index contributed by atoms with van der Waals surface area (Å²) in [7, 11) is 0. The fourth-order valence-electron chi connectivity index (χ4n) is 3.42. The molecule has 33 heavy (non-hydrogen) atoms. The predicted octanol–water partition coefficient (Wildman–Crippen LogP) is 5.70. The van der Waals surface area contributed by atoms with Crippen molar-refractivity contribution in [3.05, 3.63) is 132 Å². The Balaban J connectivity index is 1.62. The van der Waals surface area contributed by atoms with Gasteiger partial charge in [0.05, 0.1) is 11.1 Å². The predicted molar refractivity (Wildman–Crippen MR) is 127 cm³/mol. The SMILES string of the molecule is O=C(COC(=O)c1ccccc1C(=O)N(c1ccccc1)c1ccccc1)c1ccccc1. The smallest absolute Gasteiger partial charge is 0.339 e. The molecule has 4 aromatic carbocycles. The quantitative estimate of drug-likeness (QED) is 0.276. The zero-order chi connectivity index (χ0) is 23.0. The molecule has 0 aromatic heterocycles. The first-order valence-corrected chi connectivity index (χ1v) is 10.4. The van der Waals surface area contributed by atoms with E-state index in [0.717, 1.165) is 0 Å². The summed E-state index contributed by atoms with van der Waals surface area (Å²) in [6, 6.07) is 33.4. The van der Waals surface area contributed by atoms with Gasteiger partial charge in [0.25, 0.3) is 5.91 Å². The van der Waals surface area contributed by atoms with Crippen LogP contribution < -0.4 is 4.90 Å². The summed E-state index contributed by atoms with van der Waals surface area (Å²) in [5.74, 6) is -1.43. The van der Waals surface area contributed by atoms with Crippen LogP contribution in [-0.4, -0.2) is 24.3 Å². The minimum atomic E-state index is -0.732. The number of Topliss-reactive ketones (excluding diaryl/α,β-unsaturated/α-hetero) is 1. The Morgan fingerprint density at radius 1 is 0.576 bits per heavy atom. The highest BCUT2D eigenvalue weighted by Gasteiger charge is 2.25. The highest BCUT2D eigenvalue weighted by Crippen LogP contribution is 2.28. The molecule has 0 atom stereocenters. The molecule has 5 nitrogen and oxygen atoms in total. The molecule has 0 aliphatic carbocycles. The van der Waals surface area contributed by atoms with E-state index in [2.05, 4.69) is 0 Å². The number of hydrogen-bond donors (Lipinski definition) is 0. The lowest BCUT2D eigenvalue weighted by molar-refractivity contribution is 0.0472. The molecule has 0 aliphatic rings. The Bertz CT molecular complexity index is 1220. The van der Waals surface area contributed by atoms with Crippen molar-refractivity contribution in [1.29, 1.82) is 0 Å². The fourth-order valence-corrected chi connectivity index (χ4v) is 3.42. The first kappa shape index (κ1) is 21.7. The molecular weight excluding hydrogens is 414 g/mol. The summed E-state index contributed by atoms with van der Waals surface area (Å²) in [6.07, 6.45) is 0. The molecular formula is C28H21NO4. The lowest BCUT2D eigenvalue weighted by atomic mass is 10.1. The number of esters is 1. The van der Waals surface area contributed by atoms with Crippen LogP contribution in [0, 0.1) is 0 Å². The summed E-state index contributed by atoms with van der Waals surface area (Å²) in [4.78, 5) is 40.4. The van der Waals surface area contributed by atoms with Crippen LogP contribution in [0.1, 0.15) is 31.1 Å². The second-order valence-electron chi connectivity index (χ2n) is 7.22. The minimum Gasteiger partial charge on any atom is -0.454 e. The summed E-state index contributed by atoms with van der Waals surface area (Å²) in [5, 5.41) is 0. The van der Waals surface area contributed by atoms with Crippen molar-refractivity contribution in [2.75, 3.05) is 11.5 Å². The molecule has 0 unspecified atom stereocenters.